The molecule has 1 aromatic rings. The topological polar surface area (TPSA) is 82.8 Å². The van der Waals surface area contributed by atoms with E-state index < -0.39 is 0 Å². The maximum Gasteiger partial charge on any atom is 0.221 e. The minimum absolute atomic E-state index is 0.0127. The molecule has 144 valence electrons. The van der Waals surface area contributed by atoms with E-state index in [0.717, 1.165) is 45.0 Å². The molecule has 1 fully saturated rings. The third kappa shape index (κ3) is 6.67. The zero-order valence-electron chi connectivity index (χ0n) is 16.3. The lowest BCUT2D eigenvalue weighted by molar-refractivity contribution is -0.123. The molecule has 1 heterocycles. The highest BCUT2D eigenvalue weighted by atomic mass is 16.1. The van der Waals surface area contributed by atoms with Gasteiger partial charge in [0.15, 0.2) is 5.96 Å². The van der Waals surface area contributed by atoms with Crippen molar-refractivity contribution in [2.45, 2.75) is 52.7 Å². The van der Waals surface area contributed by atoms with Crippen molar-refractivity contribution in [1.82, 2.24) is 15.5 Å². The van der Waals surface area contributed by atoms with E-state index in [1.165, 1.54) is 11.1 Å². The SMILES string of the molecule is CCNC(=NCc1cccc(CN2CCCC(C(N)=O)C2)c1)NC(C)C. The number of hydrogen-bond donors (Lipinski definition) is 3. The van der Waals surface area contributed by atoms with Gasteiger partial charge < -0.3 is 16.4 Å². The summed E-state index contributed by atoms with van der Waals surface area (Å²) in [5.74, 6) is 0.654. The second kappa shape index (κ2) is 10.2. The number of nitrogens with zero attached hydrogens (tertiary/aromatic N) is 2. The Bertz CT molecular complexity index is 614. The highest BCUT2D eigenvalue weighted by Gasteiger charge is 2.23. The molecule has 0 bridgehead atoms. The van der Waals surface area contributed by atoms with Gasteiger partial charge in [0.05, 0.1) is 12.5 Å². The van der Waals surface area contributed by atoms with Crippen LogP contribution in [0.4, 0.5) is 0 Å². The van der Waals surface area contributed by atoms with E-state index in [1.54, 1.807) is 0 Å². The average Bonchev–Trinajstić information content (AvgIpc) is 2.60. The van der Waals surface area contributed by atoms with Gasteiger partial charge in [-0.1, -0.05) is 24.3 Å². The third-order valence-electron chi connectivity index (χ3n) is 4.49. The first-order valence-electron chi connectivity index (χ1n) is 9.62. The number of nitrogens with one attached hydrogen (secondary N) is 2. The maximum atomic E-state index is 11.5. The lowest BCUT2D eigenvalue weighted by Crippen LogP contribution is -2.41. The molecule has 0 saturated carbocycles. The number of rotatable bonds is 7. The van der Waals surface area contributed by atoms with Crippen LogP contribution in [0.5, 0.6) is 0 Å². The van der Waals surface area contributed by atoms with E-state index in [2.05, 4.69) is 65.6 Å². The van der Waals surface area contributed by atoms with E-state index >= 15 is 0 Å². The highest BCUT2D eigenvalue weighted by Crippen LogP contribution is 2.19. The largest absolute Gasteiger partial charge is 0.369 e. The fourth-order valence-corrected chi connectivity index (χ4v) is 3.28. The molecule has 1 aliphatic rings. The Morgan fingerprint density at radius 2 is 2.15 bits per heavy atom. The Morgan fingerprint density at radius 1 is 1.38 bits per heavy atom. The van der Waals surface area contributed by atoms with E-state index in [4.69, 9.17) is 5.73 Å². The number of benzene rings is 1. The molecule has 26 heavy (non-hydrogen) atoms. The van der Waals surface area contributed by atoms with Crippen molar-refractivity contribution in [1.29, 1.82) is 0 Å². The summed E-state index contributed by atoms with van der Waals surface area (Å²) in [6.45, 7) is 10.4. The van der Waals surface area contributed by atoms with Crippen molar-refractivity contribution in [3.63, 3.8) is 0 Å². The summed E-state index contributed by atoms with van der Waals surface area (Å²) in [5.41, 5.74) is 7.92. The first-order valence-corrected chi connectivity index (χ1v) is 9.62. The number of hydrogen-bond acceptors (Lipinski definition) is 3. The number of likely N-dealkylation sites (tertiary alicyclic amines) is 1. The number of piperidine rings is 1. The Labute approximate surface area is 157 Å². The number of guanidine groups is 1. The Morgan fingerprint density at radius 3 is 2.85 bits per heavy atom. The summed E-state index contributed by atoms with van der Waals surface area (Å²) in [5, 5.41) is 6.60. The number of primary amides is 1. The van der Waals surface area contributed by atoms with Crippen LogP contribution in [0, 0.1) is 5.92 Å². The molecule has 4 N–H and O–H groups in total. The van der Waals surface area contributed by atoms with Gasteiger partial charge in [-0.3, -0.25) is 9.69 Å². The zero-order valence-corrected chi connectivity index (χ0v) is 16.3. The molecule has 0 spiro atoms. The molecule has 6 heteroatoms. The van der Waals surface area contributed by atoms with Crippen LogP contribution in [0.2, 0.25) is 0 Å². The van der Waals surface area contributed by atoms with Crippen LogP contribution in [-0.4, -0.2) is 42.4 Å². The molecular weight excluding hydrogens is 326 g/mol. The summed E-state index contributed by atoms with van der Waals surface area (Å²) >= 11 is 0. The van der Waals surface area contributed by atoms with Crippen molar-refractivity contribution in [2.75, 3.05) is 19.6 Å². The standard InChI is InChI=1S/C20H33N5O/c1-4-22-20(24-15(2)3)23-12-16-7-5-8-17(11-16)13-25-10-6-9-18(14-25)19(21)26/h5,7-8,11,15,18H,4,6,9-10,12-14H2,1-3H3,(H2,21,26)(H2,22,23,24). The van der Waals surface area contributed by atoms with Crippen molar-refractivity contribution in [2.24, 2.45) is 16.6 Å². The Balaban J connectivity index is 1.97. The number of carbonyl (C=O) groups is 1. The van der Waals surface area contributed by atoms with Crippen molar-refractivity contribution in [3.05, 3.63) is 35.4 Å². The predicted octanol–water partition coefficient (Wildman–Crippen LogP) is 1.85. The summed E-state index contributed by atoms with van der Waals surface area (Å²) < 4.78 is 0. The summed E-state index contributed by atoms with van der Waals surface area (Å²) in [4.78, 5) is 18.4. The predicted molar refractivity (Wildman–Crippen MR) is 107 cm³/mol. The van der Waals surface area contributed by atoms with Gasteiger partial charge in [0.1, 0.15) is 0 Å². The van der Waals surface area contributed by atoms with Gasteiger partial charge >= 0.3 is 0 Å². The summed E-state index contributed by atoms with van der Waals surface area (Å²) in [7, 11) is 0. The molecule has 1 aromatic carbocycles. The molecule has 0 aromatic heterocycles. The van der Waals surface area contributed by atoms with E-state index in [1.807, 2.05) is 0 Å². The molecule has 1 aliphatic heterocycles. The van der Waals surface area contributed by atoms with Gasteiger partial charge in [0, 0.05) is 25.7 Å². The Hall–Kier alpha value is -2.08. The lowest BCUT2D eigenvalue weighted by atomic mass is 9.97. The second-order valence-corrected chi connectivity index (χ2v) is 7.29. The molecular formula is C20H33N5O. The van der Waals surface area contributed by atoms with Gasteiger partial charge in [-0.15, -0.1) is 0 Å². The molecule has 1 saturated heterocycles. The fraction of sp³-hybridized carbons (Fsp3) is 0.600. The molecule has 1 atom stereocenters. The van der Waals surface area contributed by atoms with Gasteiger partial charge in [0.25, 0.3) is 0 Å². The normalized spacial score (nSPS) is 18.8. The minimum Gasteiger partial charge on any atom is -0.369 e. The van der Waals surface area contributed by atoms with Crippen LogP contribution in [0.3, 0.4) is 0 Å². The molecule has 1 unspecified atom stereocenters. The molecule has 6 nitrogen and oxygen atoms in total. The van der Waals surface area contributed by atoms with E-state index in [9.17, 15) is 4.79 Å². The van der Waals surface area contributed by atoms with Crippen LogP contribution < -0.4 is 16.4 Å². The molecule has 1 amide bonds. The van der Waals surface area contributed by atoms with Gasteiger partial charge in [-0.25, -0.2) is 4.99 Å². The van der Waals surface area contributed by atoms with Crippen LogP contribution in [0.15, 0.2) is 29.3 Å². The summed E-state index contributed by atoms with van der Waals surface area (Å²) in [6, 6.07) is 8.87. The Kier molecular flexibility index (Phi) is 7.91. The first-order chi connectivity index (χ1) is 12.5. The first kappa shape index (κ1) is 20.2. The monoisotopic (exact) mass is 359 g/mol. The number of amides is 1. The third-order valence-corrected chi connectivity index (χ3v) is 4.49. The van der Waals surface area contributed by atoms with Crippen LogP contribution >= 0.6 is 0 Å². The van der Waals surface area contributed by atoms with Crippen LogP contribution in [0.1, 0.15) is 44.7 Å². The minimum atomic E-state index is -0.175. The van der Waals surface area contributed by atoms with E-state index in [0.29, 0.717) is 12.6 Å². The average molecular weight is 360 g/mol. The molecule has 0 aliphatic carbocycles. The molecule has 0 radical (unpaired) electrons. The highest BCUT2D eigenvalue weighted by molar-refractivity contribution is 5.80. The van der Waals surface area contributed by atoms with Gasteiger partial charge in [-0.05, 0) is 51.3 Å². The second-order valence-electron chi connectivity index (χ2n) is 7.29. The van der Waals surface area contributed by atoms with E-state index in [-0.39, 0.29) is 11.8 Å². The van der Waals surface area contributed by atoms with Crippen molar-refractivity contribution >= 4 is 11.9 Å². The number of nitrogens with two attached hydrogens (primary N) is 1. The van der Waals surface area contributed by atoms with Gasteiger partial charge in [0.2, 0.25) is 5.91 Å². The number of aliphatic imine (C=N–C) groups is 1. The smallest absolute Gasteiger partial charge is 0.221 e. The molecule has 2 rings (SSSR count). The zero-order chi connectivity index (χ0) is 18.9. The quantitative estimate of drug-likeness (QED) is 0.512. The van der Waals surface area contributed by atoms with Gasteiger partial charge in [-0.2, -0.15) is 0 Å². The lowest BCUT2D eigenvalue weighted by Gasteiger charge is -2.31. The number of carbonyl (C=O) groups excluding carboxylic acids is 1. The summed E-state index contributed by atoms with van der Waals surface area (Å²) in [6.07, 6.45) is 1.95. The van der Waals surface area contributed by atoms with Crippen molar-refractivity contribution < 1.29 is 4.79 Å². The fourth-order valence-electron chi connectivity index (χ4n) is 3.28. The van der Waals surface area contributed by atoms with Crippen molar-refractivity contribution in [3.8, 4) is 0 Å². The van der Waals surface area contributed by atoms with Crippen LogP contribution in [0.25, 0.3) is 0 Å². The maximum absolute atomic E-state index is 11.5. The van der Waals surface area contributed by atoms with Crippen LogP contribution in [-0.2, 0) is 17.9 Å².